The van der Waals surface area contributed by atoms with Gasteiger partial charge in [0, 0.05) is 19.1 Å². The maximum atomic E-state index is 12.6. The third-order valence-electron chi connectivity index (χ3n) is 3.40. The second-order valence-corrected chi connectivity index (χ2v) is 7.26. The van der Waals surface area contributed by atoms with Gasteiger partial charge in [0.1, 0.15) is 14.9 Å². The Hall–Kier alpha value is -0.930. The molecule has 1 atom stereocenters. The SMILES string of the molecule is NCC1CCCN1S(=O)(=O)c1ccc(Cl)c([N+](=O)[O-])c1Cl. The maximum Gasteiger partial charge on any atom is 0.307 e. The Balaban J connectivity index is 2.56. The monoisotopic (exact) mass is 353 g/mol. The third kappa shape index (κ3) is 2.86. The summed E-state index contributed by atoms with van der Waals surface area (Å²) in [6.45, 7) is 0.503. The van der Waals surface area contributed by atoms with Gasteiger partial charge in [-0.25, -0.2) is 8.42 Å². The van der Waals surface area contributed by atoms with E-state index in [-0.39, 0.29) is 22.5 Å². The summed E-state index contributed by atoms with van der Waals surface area (Å²) in [5.74, 6) is 0. The first kappa shape index (κ1) is 16.4. The number of hydrogen-bond donors (Lipinski definition) is 1. The lowest BCUT2D eigenvalue weighted by molar-refractivity contribution is -0.384. The molecule has 1 aromatic rings. The minimum atomic E-state index is -3.95. The average Bonchev–Trinajstić information content (AvgIpc) is 2.86. The van der Waals surface area contributed by atoms with Crippen molar-refractivity contribution in [3.8, 4) is 0 Å². The zero-order valence-corrected chi connectivity index (χ0v) is 13.2. The summed E-state index contributed by atoms with van der Waals surface area (Å²) in [7, 11) is -3.95. The smallest absolute Gasteiger partial charge is 0.307 e. The van der Waals surface area contributed by atoms with Gasteiger partial charge >= 0.3 is 5.69 Å². The van der Waals surface area contributed by atoms with Crippen molar-refractivity contribution >= 4 is 38.9 Å². The second-order valence-electron chi connectivity index (χ2n) is 4.61. The van der Waals surface area contributed by atoms with Gasteiger partial charge in [-0.2, -0.15) is 4.31 Å². The van der Waals surface area contributed by atoms with Gasteiger partial charge in [0.05, 0.1) is 4.92 Å². The van der Waals surface area contributed by atoms with E-state index in [1.807, 2.05) is 0 Å². The summed E-state index contributed by atoms with van der Waals surface area (Å²) in [5.41, 5.74) is 4.96. The second kappa shape index (κ2) is 6.05. The van der Waals surface area contributed by atoms with E-state index in [9.17, 15) is 18.5 Å². The van der Waals surface area contributed by atoms with Crippen LogP contribution in [0.25, 0.3) is 0 Å². The largest absolute Gasteiger partial charge is 0.329 e. The van der Waals surface area contributed by atoms with Crippen LogP contribution in [0.1, 0.15) is 12.8 Å². The number of benzene rings is 1. The molecule has 0 spiro atoms. The van der Waals surface area contributed by atoms with Crippen molar-refractivity contribution in [3.63, 3.8) is 0 Å². The maximum absolute atomic E-state index is 12.6. The van der Waals surface area contributed by atoms with Crippen LogP contribution in [0.15, 0.2) is 17.0 Å². The van der Waals surface area contributed by atoms with Crippen LogP contribution in [0, 0.1) is 10.1 Å². The van der Waals surface area contributed by atoms with E-state index >= 15 is 0 Å². The molecule has 116 valence electrons. The van der Waals surface area contributed by atoms with Crippen molar-refractivity contribution in [2.45, 2.75) is 23.8 Å². The number of nitro groups is 1. The number of rotatable bonds is 4. The minimum Gasteiger partial charge on any atom is -0.329 e. The molecule has 1 saturated heterocycles. The molecule has 7 nitrogen and oxygen atoms in total. The molecule has 0 aromatic heterocycles. The number of nitrogens with zero attached hydrogens (tertiary/aromatic N) is 2. The van der Waals surface area contributed by atoms with Crippen LogP contribution in [0.4, 0.5) is 5.69 Å². The zero-order valence-electron chi connectivity index (χ0n) is 10.8. The summed E-state index contributed by atoms with van der Waals surface area (Å²) in [5, 5.41) is 10.3. The van der Waals surface area contributed by atoms with Crippen LogP contribution in [0.5, 0.6) is 0 Å². The molecule has 1 fully saturated rings. The standard InChI is InChI=1S/C11H13Cl2N3O4S/c12-8-3-4-9(10(13)11(8)16(17)18)21(19,20)15-5-1-2-7(15)6-14/h3-4,7H,1-2,5-6,14H2. The molecule has 2 N–H and O–H groups in total. The Kier molecular flexibility index (Phi) is 4.74. The van der Waals surface area contributed by atoms with E-state index in [0.29, 0.717) is 19.4 Å². The first-order valence-corrected chi connectivity index (χ1v) is 8.34. The highest BCUT2D eigenvalue weighted by atomic mass is 35.5. The van der Waals surface area contributed by atoms with Crippen LogP contribution < -0.4 is 5.73 Å². The molecule has 0 aliphatic carbocycles. The summed E-state index contributed by atoms with van der Waals surface area (Å²) in [4.78, 5) is 9.86. The van der Waals surface area contributed by atoms with Gasteiger partial charge in [-0.1, -0.05) is 23.2 Å². The predicted octanol–water partition coefficient (Wildman–Crippen LogP) is 2.01. The fourth-order valence-corrected chi connectivity index (χ4v) is 4.95. The van der Waals surface area contributed by atoms with Crippen molar-refractivity contribution in [2.75, 3.05) is 13.1 Å². The molecule has 0 amide bonds. The van der Waals surface area contributed by atoms with Crippen LogP contribution >= 0.6 is 23.2 Å². The van der Waals surface area contributed by atoms with Gasteiger partial charge in [0.15, 0.2) is 0 Å². The van der Waals surface area contributed by atoms with Crippen LogP contribution in [0.3, 0.4) is 0 Å². The number of hydrogen-bond acceptors (Lipinski definition) is 5. The highest BCUT2D eigenvalue weighted by Crippen LogP contribution is 2.39. The van der Waals surface area contributed by atoms with Crippen molar-refractivity contribution in [1.29, 1.82) is 0 Å². The van der Waals surface area contributed by atoms with Crippen molar-refractivity contribution in [2.24, 2.45) is 5.73 Å². The first-order chi connectivity index (χ1) is 9.80. The molecule has 1 unspecified atom stereocenters. The lowest BCUT2D eigenvalue weighted by atomic mass is 10.2. The Labute approximate surface area is 131 Å². The van der Waals surface area contributed by atoms with Crippen LogP contribution in [-0.2, 0) is 10.0 Å². The topological polar surface area (TPSA) is 107 Å². The molecular weight excluding hydrogens is 341 g/mol. The number of sulfonamides is 1. The van der Waals surface area contributed by atoms with E-state index in [0.717, 1.165) is 6.07 Å². The molecular formula is C11H13Cl2N3O4S. The zero-order chi connectivity index (χ0) is 15.8. The molecule has 10 heteroatoms. The van der Waals surface area contributed by atoms with Crippen molar-refractivity contribution in [3.05, 3.63) is 32.3 Å². The van der Waals surface area contributed by atoms with Crippen molar-refractivity contribution < 1.29 is 13.3 Å². The van der Waals surface area contributed by atoms with E-state index < -0.39 is 25.7 Å². The van der Waals surface area contributed by atoms with Crippen LogP contribution in [-0.4, -0.2) is 36.8 Å². The predicted molar refractivity (Wildman–Crippen MR) is 79.1 cm³/mol. The number of halogens is 2. The van der Waals surface area contributed by atoms with Gasteiger partial charge in [0.2, 0.25) is 10.0 Å². The van der Waals surface area contributed by atoms with Gasteiger partial charge in [-0.15, -0.1) is 0 Å². The van der Waals surface area contributed by atoms with Crippen molar-refractivity contribution in [1.82, 2.24) is 4.31 Å². The fourth-order valence-electron chi connectivity index (χ4n) is 2.38. The molecule has 0 bridgehead atoms. The van der Waals surface area contributed by atoms with E-state index in [2.05, 4.69) is 0 Å². The highest BCUT2D eigenvalue weighted by Gasteiger charge is 2.37. The first-order valence-electron chi connectivity index (χ1n) is 6.15. The quantitative estimate of drug-likeness (QED) is 0.658. The molecule has 1 aromatic carbocycles. The third-order valence-corrected chi connectivity index (χ3v) is 6.19. The lowest BCUT2D eigenvalue weighted by Gasteiger charge is -2.23. The molecule has 2 rings (SSSR count). The molecule has 1 heterocycles. The Morgan fingerprint density at radius 1 is 1.43 bits per heavy atom. The van der Waals surface area contributed by atoms with Gasteiger partial charge < -0.3 is 5.73 Å². The molecule has 1 aliphatic rings. The Bertz CT molecular complexity index is 680. The summed E-state index contributed by atoms with van der Waals surface area (Å²) < 4.78 is 26.5. The minimum absolute atomic E-state index is 0.187. The van der Waals surface area contributed by atoms with E-state index in [4.69, 9.17) is 28.9 Å². The summed E-state index contributed by atoms with van der Waals surface area (Å²) in [6.07, 6.45) is 1.34. The number of nitro benzene ring substituents is 1. The van der Waals surface area contributed by atoms with Crippen LogP contribution in [0.2, 0.25) is 10.0 Å². The summed E-state index contributed by atoms with van der Waals surface area (Å²) in [6, 6.07) is 2.02. The van der Waals surface area contributed by atoms with Gasteiger partial charge in [-0.3, -0.25) is 10.1 Å². The van der Waals surface area contributed by atoms with Gasteiger partial charge in [0.25, 0.3) is 0 Å². The molecule has 1 aliphatic heterocycles. The average molecular weight is 354 g/mol. The molecule has 0 saturated carbocycles. The van der Waals surface area contributed by atoms with E-state index in [1.54, 1.807) is 0 Å². The van der Waals surface area contributed by atoms with Gasteiger partial charge in [-0.05, 0) is 25.0 Å². The Morgan fingerprint density at radius 3 is 2.67 bits per heavy atom. The highest BCUT2D eigenvalue weighted by molar-refractivity contribution is 7.89. The normalized spacial score (nSPS) is 19.9. The fraction of sp³-hybridized carbons (Fsp3) is 0.455. The molecule has 0 radical (unpaired) electrons. The van der Waals surface area contributed by atoms with E-state index in [1.165, 1.54) is 10.4 Å². The summed E-state index contributed by atoms with van der Waals surface area (Å²) >= 11 is 11.6. The Morgan fingerprint density at radius 2 is 2.10 bits per heavy atom. The lowest BCUT2D eigenvalue weighted by Crippen LogP contribution is -2.40. The number of nitrogens with two attached hydrogens (primary N) is 1. The molecule has 21 heavy (non-hydrogen) atoms.